The first-order valence-corrected chi connectivity index (χ1v) is 17.1. The number of para-hydroxylation sites is 8. The number of rotatable bonds is 6. The first-order valence-electron chi connectivity index (χ1n) is 17.1. The number of allylic oxidation sites excluding steroid dienone is 4. The molecule has 246 valence electrons. The van der Waals surface area contributed by atoms with Crippen molar-refractivity contribution in [2.45, 2.75) is 13.3 Å². The number of benzene rings is 6. The summed E-state index contributed by atoms with van der Waals surface area (Å²) in [4.78, 5) is 31.7. The van der Waals surface area contributed by atoms with E-state index in [2.05, 4.69) is 34.9 Å². The Balaban J connectivity index is 0.941. The SMILES string of the molecule is CC1CC(C(=O)c2ccc(C(=O)c3ccc(N4c5ccccc5Oc5ccccc54)cc3)cc2)=CC=C1N1c2ccccc2Oc2ccccc21. The predicted octanol–water partition coefficient (Wildman–Crippen LogP) is 11.5. The molecule has 6 heteroatoms. The zero-order valence-corrected chi connectivity index (χ0v) is 27.8. The lowest BCUT2D eigenvalue weighted by molar-refractivity contribution is 0.102. The molecule has 0 aromatic heterocycles. The molecule has 3 aliphatic rings. The lowest BCUT2D eigenvalue weighted by Crippen LogP contribution is -2.26. The van der Waals surface area contributed by atoms with Gasteiger partial charge in [0.15, 0.2) is 34.6 Å². The number of ether oxygens (including phenoxy) is 2. The monoisotopic (exact) mass is 664 g/mol. The van der Waals surface area contributed by atoms with Crippen LogP contribution in [0.15, 0.2) is 169 Å². The Labute approximate surface area is 296 Å². The second kappa shape index (κ2) is 12.3. The maximum absolute atomic E-state index is 13.7. The van der Waals surface area contributed by atoms with Crippen molar-refractivity contribution in [1.82, 2.24) is 0 Å². The topological polar surface area (TPSA) is 59.1 Å². The van der Waals surface area contributed by atoms with Gasteiger partial charge in [0, 0.05) is 39.6 Å². The van der Waals surface area contributed by atoms with E-state index in [4.69, 9.17) is 9.47 Å². The van der Waals surface area contributed by atoms with Crippen LogP contribution in [-0.2, 0) is 0 Å². The smallest absolute Gasteiger partial charge is 0.193 e. The summed E-state index contributed by atoms with van der Waals surface area (Å²) in [5, 5.41) is 0. The molecule has 9 rings (SSSR count). The minimum Gasteiger partial charge on any atom is -0.453 e. The number of carbonyl (C=O) groups excluding carboxylic acids is 2. The molecule has 0 spiro atoms. The maximum atomic E-state index is 13.7. The summed E-state index contributed by atoms with van der Waals surface area (Å²) in [6, 6.07) is 46.5. The van der Waals surface area contributed by atoms with Crippen LogP contribution in [0.5, 0.6) is 23.0 Å². The number of fused-ring (bicyclic) bond motifs is 4. The summed E-state index contributed by atoms with van der Waals surface area (Å²) in [6.45, 7) is 2.15. The van der Waals surface area contributed by atoms with Gasteiger partial charge in [-0.15, -0.1) is 0 Å². The van der Waals surface area contributed by atoms with Gasteiger partial charge < -0.3 is 19.3 Å². The molecule has 2 aliphatic heterocycles. The van der Waals surface area contributed by atoms with Gasteiger partial charge in [-0.05, 0) is 85.3 Å². The van der Waals surface area contributed by atoms with Crippen LogP contribution in [0.1, 0.15) is 39.6 Å². The molecule has 6 nitrogen and oxygen atoms in total. The van der Waals surface area contributed by atoms with E-state index in [1.165, 1.54) is 0 Å². The fourth-order valence-electron chi connectivity index (χ4n) is 7.17. The third-order valence-corrected chi connectivity index (χ3v) is 9.70. The average Bonchev–Trinajstić information content (AvgIpc) is 3.19. The molecule has 51 heavy (non-hydrogen) atoms. The van der Waals surface area contributed by atoms with Gasteiger partial charge in [0.2, 0.25) is 0 Å². The Morgan fingerprint density at radius 3 is 1.33 bits per heavy atom. The quantitative estimate of drug-likeness (QED) is 0.165. The summed E-state index contributed by atoms with van der Waals surface area (Å²) in [5.41, 5.74) is 8.23. The third-order valence-electron chi connectivity index (χ3n) is 9.70. The van der Waals surface area contributed by atoms with E-state index >= 15 is 0 Å². The molecule has 6 aromatic carbocycles. The summed E-state index contributed by atoms with van der Waals surface area (Å²) >= 11 is 0. The van der Waals surface area contributed by atoms with Crippen molar-refractivity contribution in [1.29, 1.82) is 0 Å². The van der Waals surface area contributed by atoms with Crippen LogP contribution in [0.3, 0.4) is 0 Å². The highest BCUT2D eigenvalue weighted by molar-refractivity contribution is 6.12. The zero-order valence-electron chi connectivity index (χ0n) is 27.8. The minimum absolute atomic E-state index is 0.0330. The second-order valence-electron chi connectivity index (χ2n) is 12.9. The maximum Gasteiger partial charge on any atom is 0.193 e. The Bertz CT molecular complexity index is 2320. The van der Waals surface area contributed by atoms with Crippen molar-refractivity contribution in [2.24, 2.45) is 5.92 Å². The average molecular weight is 665 g/mol. The van der Waals surface area contributed by atoms with Gasteiger partial charge in [-0.2, -0.15) is 0 Å². The molecule has 0 fully saturated rings. The van der Waals surface area contributed by atoms with Crippen molar-refractivity contribution in [3.8, 4) is 23.0 Å². The second-order valence-corrected chi connectivity index (χ2v) is 12.9. The molecule has 2 heterocycles. The van der Waals surface area contributed by atoms with Gasteiger partial charge in [0.25, 0.3) is 0 Å². The molecule has 6 aromatic rings. The van der Waals surface area contributed by atoms with Crippen LogP contribution in [0.2, 0.25) is 0 Å². The molecule has 0 radical (unpaired) electrons. The summed E-state index contributed by atoms with van der Waals surface area (Å²) < 4.78 is 12.3. The number of Topliss-reactive ketones (excluding diaryl/α,β-unsaturated/α-hetero) is 1. The summed E-state index contributed by atoms with van der Waals surface area (Å²) in [5.74, 6) is 3.09. The number of nitrogens with zero attached hydrogens (tertiary/aromatic N) is 2. The molecule has 1 unspecified atom stereocenters. The van der Waals surface area contributed by atoms with Crippen LogP contribution in [-0.4, -0.2) is 11.6 Å². The van der Waals surface area contributed by atoms with Crippen LogP contribution in [0.4, 0.5) is 28.4 Å². The highest BCUT2D eigenvalue weighted by Gasteiger charge is 2.31. The standard InChI is InChI=1S/C45H32N2O4/c1-29-28-33(24-27-35(29)47-38-12-4-8-16-42(38)51-43-17-9-5-13-39(43)47)45(49)31-20-18-30(19-21-31)44(48)32-22-25-34(26-23-32)46-36-10-2-6-14-40(36)50-41-15-7-3-11-37(41)46/h2-27,29H,28H2,1H3. The van der Waals surface area contributed by atoms with Crippen LogP contribution in [0, 0.1) is 5.92 Å². The van der Waals surface area contributed by atoms with Gasteiger partial charge >= 0.3 is 0 Å². The Morgan fingerprint density at radius 1 is 0.490 bits per heavy atom. The van der Waals surface area contributed by atoms with E-state index in [1.807, 2.05) is 115 Å². The van der Waals surface area contributed by atoms with Gasteiger partial charge in [-0.3, -0.25) is 9.59 Å². The Hall–Kier alpha value is -6.66. The van der Waals surface area contributed by atoms with E-state index in [9.17, 15) is 9.59 Å². The van der Waals surface area contributed by atoms with Gasteiger partial charge in [0.1, 0.15) is 0 Å². The number of anilines is 5. The lowest BCUT2D eigenvalue weighted by Gasteiger charge is -2.37. The molecule has 0 amide bonds. The summed E-state index contributed by atoms with van der Waals surface area (Å²) in [6.07, 6.45) is 4.58. The van der Waals surface area contributed by atoms with E-state index < -0.39 is 0 Å². The Kier molecular flexibility index (Phi) is 7.36. The van der Waals surface area contributed by atoms with Gasteiger partial charge in [0.05, 0.1) is 22.7 Å². The zero-order chi connectivity index (χ0) is 34.5. The van der Waals surface area contributed by atoms with Crippen molar-refractivity contribution in [3.63, 3.8) is 0 Å². The largest absolute Gasteiger partial charge is 0.453 e. The number of hydrogen-bond donors (Lipinski definition) is 0. The van der Waals surface area contributed by atoms with Crippen LogP contribution in [0.25, 0.3) is 0 Å². The first-order chi connectivity index (χ1) is 25.0. The third kappa shape index (κ3) is 5.29. The van der Waals surface area contributed by atoms with Gasteiger partial charge in [-0.25, -0.2) is 0 Å². The fourth-order valence-corrected chi connectivity index (χ4v) is 7.17. The predicted molar refractivity (Wildman–Crippen MR) is 200 cm³/mol. The molecule has 0 N–H and O–H groups in total. The highest BCUT2D eigenvalue weighted by atomic mass is 16.5. The number of hydrogen-bond acceptors (Lipinski definition) is 6. The lowest BCUT2D eigenvalue weighted by atomic mass is 9.87. The van der Waals surface area contributed by atoms with Crippen LogP contribution >= 0.6 is 0 Å². The van der Waals surface area contributed by atoms with E-state index in [0.717, 1.165) is 62.7 Å². The first kappa shape index (κ1) is 30.4. The molecule has 1 atom stereocenters. The van der Waals surface area contributed by atoms with Crippen molar-refractivity contribution >= 4 is 40.0 Å². The molecule has 0 saturated heterocycles. The number of carbonyl (C=O) groups is 2. The molecule has 0 saturated carbocycles. The van der Waals surface area contributed by atoms with E-state index in [1.54, 1.807) is 24.3 Å². The van der Waals surface area contributed by atoms with Gasteiger partial charge in [-0.1, -0.05) is 85.8 Å². The number of ketones is 2. The molecule has 1 aliphatic carbocycles. The van der Waals surface area contributed by atoms with E-state index in [0.29, 0.717) is 23.1 Å². The molecule has 0 bridgehead atoms. The van der Waals surface area contributed by atoms with Crippen molar-refractivity contribution < 1.29 is 19.1 Å². The summed E-state index contributed by atoms with van der Waals surface area (Å²) in [7, 11) is 0. The molecular formula is C45H32N2O4. The van der Waals surface area contributed by atoms with Crippen molar-refractivity contribution in [2.75, 3.05) is 9.80 Å². The van der Waals surface area contributed by atoms with E-state index in [-0.39, 0.29) is 17.5 Å². The fraction of sp³-hybridized carbons (Fsp3) is 0.0667. The normalized spacial score (nSPS) is 15.5. The Morgan fingerprint density at radius 2 is 0.882 bits per heavy atom. The highest BCUT2D eigenvalue weighted by Crippen LogP contribution is 2.51. The minimum atomic E-state index is -0.104. The van der Waals surface area contributed by atoms with Crippen LogP contribution < -0.4 is 19.3 Å². The van der Waals surface area contributed by atoms with Crippen molar-refractivity contribution in [3.05, 3.63) is 186 Å². The molecular weight excluding hydrogens is 633 g/mol.